The van der Waals surface area contributed by atoms with E-state index in [0.29, 0.717) is 6.42 Å². The lowest BCUT2D eigenvalue weighted by molar-refractivity contribution is 0.190. The highest BCUT2D eigenvalue weighted by Gasteiger charge is 2.06. The highest BCUT2D eigenvalue weighted by molar-refractivity contribution is 5.64. The molecule has 0 aliphatic heterocycles. The van der Waals surface area contributed by atoms with E-state index in [9.17, 15) is 4.79 Å². The molecular formula is C5H10N4O2. The summed E-state index contributed by atoms with van der Waals surface area (Å²) in [4.78, 5) is 12.6. The minimum absolute atomic E-state index is 0.166. The molecule has 0 radical (unpaired) electrons. The van der Waals surface area contributed by atoms with Crippen LogP contribution in [0, 0.1) is 0 Å². The third-order valence-electron chi connectivity index (χ3n) is 1.19. The van der Waals surface area contributed by atoms with Gasteiger partial charge in [0.25, 0.3) is 0 Å². The Morgan fingerprint density at radius 1 is 1.91 bits per heavy atom. The summed E-state index contributed by atoms with van der Waals surface area (Å²) in [6, 6.07) is -0.275. The lowest BCUT2D eigenvalue weighted by Crippen LogP contribution is -2.35. The van der Waals surface area contributed by atoms with Crippen LogP contribution in [0.5, 0.6) is 0 Å². The zero-order valence-corrected chi connectivity index (χ0v) is 6.19. The molecule has 62 valence electrons. The van der Waals surface area contributed by atoms with Crippen LogP contribution in [0.15, 0.2) is 5.11 Å². The van der Waals surface area contributed by atoms with Crippen LogP contribution in [-0.2, 0) is 0 Å². The topological polar surface area (TPSA) is 98.1 Å². The lowest BCUT2D eigenvalue weighted by Gasteiger charge is -2.10. The van der Waals surface area contributed by atoms with Crippen LogP contribution in [0.1, 0.15) is 13.3 Å². The second-order valence-corrected chi connectivity index (χ2v) is 1.97. The first-order valence-electron chi connectivity index (χ1n) is 3.21. The molecule has 0 spiro atoms. The number of carboxylic acid groups (broad SMARTS) is 1. The van der Waals surface area contributed by atoms with Crippen molar-refractivity contribution in [3.8, 4) is 0 Å². The van der Waals surface area contributed by atoms with Gasteiger partial charge < -0.3 is 10.4 Å². The number of nitrogens with zero attached hydrogens (tertiary/aromatic N) is 3. The SMILES string of the molecule is CCC(CN=[N+]=[N-])NC(=O)O. The van der Waals surface area contributed by atoms with Gasteiger partial charge in [-0.25, -0.2) is 4.79 Å². The van der Waals surface area contributed by atoms with Crippen molar-refractivity contribution in [1.29, 1.82) is 0 Å². The predicted octanol–water partition coefficient (Wildman–Crippen LogP) is 1.34. The number of rotatable bonds is 4. The minimum Gasteiger partial charge on any atom is -0.465 e. The van der Waals surface area contributed by atoms with Crippen LogP contribution in [0.2, 0.25) is 0 Å². The quantitative estimate of drug-likeness (QED) is 0.366. The molecular weight excluding hydrogens is 148 g/mol. The van der Waals surface area contributed by atoms with E-state index in [0.717, 1.165) is 0 Å². The number of nitrogens with one attached hydrogen (secondary N) is 1. The normalized spacial score (nSPS) is 11.4. The maximum atomic E-state index is 10.1. The second kappa shape index (κ2) is 5.37. The van der Waals surface area contributed by atoms with Gasteiger partial charge in [0, 0.05) is 17.5 Å². The third-order valence-corrected chi connectivity index (χ3v) is 1.19. The first-order chi connectivity index (χ1) is 5.20. The Labute approximate surface area is 63.8 Å². The van der Waals surface area contributed by atoms with Crippen LogP contribution in [-0.4, -0.2) is 23.8 Å². The van der Waals surface area contributed by atoms with Gasteiger partial charge in [0.1, 0.15) is 0 Å². The Kier molecular flexibility index (Phi) is 4.68. The Hall–Kier alpha value is -1.42. The van der Waals surface area contributed by atoms with Crippen molar-refractivity contribution < 1.29 is 9.90 Å². The van der Waals surface area contributed by atoms with Crippen molar-refractivity contribution in [2.24, 2.45) is 5.11 Å². The highest BCUT2D eigenvalue weighted by Crippen LogP contribution is 1.91. The van der Waals surface area contributed by atoms with E-state index in [1.165, 1.54) is 0 Å². The minimum atomic E-state index is -1.09. The molecule has 1 atom stereocenters. The number of azide groups is 1. The second-order valence-electron chi connectivity index (χ2n) is 1.97. The van der Waals surface area contributed by atoms with Crippen LogP contribution >= 0.6 is 0 Å². The van der Waals surface area contributed by atoms with Crippen molar-refractivity contribution >= 4 is 6.09 Å². The number of carbonyl (C=O) groups is 1. The average Bonchev–Trinajstić information content (AvgIpc) is 1.97. The van der Waals surface area contributed by atoms with E-state index in [2.05, 4.69) is 15.3 Å². The molecule has 0 heterocycles. The molecule has 0 aromatic rings. The Balaban J connectivity index is 3.75. The van der Waals surface area contributed by atoms with Crippen LogP contribution < -0.4 is 5.32 Å². The van der Waals surface area contributed by atoms with E-state index in [4.69, 9.17) is 10.6 Å². The van der Waals surface area contributed by atoms with Gasteiger partial charge in [0.15, 0.2) is 0 Å². The molecule has 1 unspecified atom stereocenters. The molecule has 1 amide bonds. The number of hydrogen-bond acceptors (Lipinski definition) is 2. The maximum absolute atomic E-state index is 10.1. The molecule has 0 aromatic carbocycles. The maximum Gasteiger partial charge on any atom is 0.404 e. The molecule has 0 rings (SSSR count). The Bertz CT molecular complexity index is 171. The molecule has 0 fully saturated rings. The molecule has 0 bridgehead atoms. The van der Waals surface area contributed by atoms with Gasteiger partial charge in [0.2, 0.25) is 0 Å². The Morgan fingerprint density at radius 3 is 2.91 bits per heavy atom. The van der Waals surface area contributed by atoms with Gasteiger partial charge in [-0.1, -0.05) is 12.0 Å². The summed E-state index contributed by atoms with van der Waals surface area (Å²) in [7, 11) is 0. The molecule has 0 aliphatic carbocycles. The van der Waals surface area contributed by atoms with Gasteiger partial charge in [-0.05, 0) is 12.0 Å². The number of amides is 1. The third kappa shape index (κ3) is 5.05. The van der Waals surface area contributed by atoms with Gasteiger partial charge in [-0.2, -0.15) is 0 Å². The average molecular weight is 158 g/mol. The highest BCUT2D eigenvalue weighted by atomic mass is 16.4. The summed E-state index contributed by atoms with van der Waals surface area (Å²) < 4.78 is 0. The van der Waals surface area contributed by atoms with Gasteiger partial charge in [-0.15, -0.1) is 0 Å². The Morgan fingerprint density at radius 2 is 2.55 bits per heavy atom. The van der Waals surface area contributed by atoms with Crippen molar-refractivity contribution in [3.05, 3.63) is 10.4 Å². The van der Waals surface area contributed by atoms with Crippen LogP contribution in [0.25, 0.3) is 10.4 Å². The molecule has 2 N–H and O–H groups in total. The van der Waals surface area contributed by atoms with E-state index < -0.39 is 6.09 Å². The molecule has 0 aromatic heterocycles. The summed E-state index contributed by atoms with van der Waals surface area (Å²) in [5.74, 6) is 0. The predicted molar refractivity (Wildman–Crippen MR) is 39.3 cm³/mol. The molecule has 0 saturated carbocycles. The summed E-state index contributed by atoms with van der Waals surface area (Å²) in [6.45, 7) is 1.98. The summed E-state index contributed by atoms with van der Waals surface area (Å²) in [5.41, 5.74) is 7.93. The summed E-state index contributed by atoms with van der Waals surface area (Å²) in [6.07, 6.45) is -0.476. The van der Waals surface area contributed by atoms with E-state index in [-0.39, 0.29) is 12.6 Å². The molecule has 11 heavy (non-hydrogen) atoms. The van der Waals surface area contributed by atoms with E-state index >= 15 is 0 Å². The first-order valence-corrected chi connectivity index (χ1v) is 3.21. The molecule has 0 aliphatic rings. The van der Waals surface area contributed by atoms with Crippen molar-refractivity contribution in [1.82, 2.24) is 5.32 Å². The van der Waals surface area contributed by atoms with Crippen LogP contribution in [0.3, 0.4) is 0 Å². The van der Waals surface area contributed by atoms with Gasteiger partial charge in [-0.3, -0.25) is 0 Å². The molecule has 6 heteroatoms. The number of hydrogen-bond donors (Lipinski definition) is 2. The standard InChI is InChI=1S/C5H10N4O2/c1-2-4(3-7-9-6)8-5(10)11/h4,8H,2-3H2,1H3,(H,10,11). The van der Waals surface area contributed by atoms with E-state index in [1.54, 1.807) is 0 Å². The van der Waals surface area contributed by atoms with Crippen molar-refractivity contribution in [2.45, 2.75) is 19.4 Å². The molecule has 0 saturated heterocycles. The zero-order valence-electron chi connectivity index (χ0n) is 6.19. The summed E-state index contributed by atoms with van der Waals surface area (Å²) in [5, 5.41) is 13.7. The monoisotopic (exact) mass is 158 g/mol. The fourth-order valence-corrected chi connectivity index (χ4v) is 0.587. The van der Waals surface area contributed by atoms with Crippen molar-refractivity contribution in [3.63, 3.8) is 0 Å². The van der Waals surface area contributed by atoms with E-state index in [1.807, 2.05) is 6.92 Å². The lowest BCUT2D eigenvalue weighted by atomic mass is 10.2. The largest absolute Gasteiger partial charge is 0.465 e. The fraction of sp³-hybridized carbons (Fsp3) is 0.800. The first kappa shape index (κ1) is 9.58. The van der Waals surface area contributed by atoms with Gasteiger partial charge in [0.05, 0.1) is 0 Å². The molecule has 6 nitrogen and oxygen atoms in total. The van der Waals surface area contributed by atoms with Crippen molar-refractivity contribution in [2.75, 3.05) is 6.54 Å². The zero-order chi connectivity index (χ0) is 8.69. The summed E-state index contributed by atoms with van der Waals surface area (Å²) >= 11 is 0. The fourth-order valence-electron chi connectivity index (χ4n) is 0.587. The van der Waals surface area contributed by atoms with Crippen LogP contribution in [0.4, 0.5) is 4.79 Å². The smallest absolute Gasteiger partial charge is 0.404 e. The van der Waals surface area contributed by atoms with Gasteiger partial charge >= 0.3 is 6.09 Å².